The topological polar surface area (TPSA) is 29.1 Å². The average Bonchev–Trinajstić information content (AvgIpc) is 2.41. The normalized spacial score (nSPS) is 10.5. The summed E-state index contributed by atoms with van der Waals surface area (Å²) in [5.74, 6) is 0.272. The molecule has 0 heterocycles. The van der Waals surface area contributed by atoms with E-state index in [2.05, 4.69) is 35.1 Å². The van der Waals surface area contributed by atoms with E-state index in [-0.39, 0.29) is 5.91 Å². The molecule has 0 unspecified atom stereocenters. The molecule has 0 aromatic heterocycles. The van der Waals surface area contributed by atoms with Crippen molar-refractivity contribution in [2.24, 2.45) is 0 Å². The Hall–Kier alpha value is -1.61. The summed E-state index contributed by atoms with van der Waals surface area (Å²) >= 11 is 3.46. The van der Waals surface area contributed by atoms with Crippen molar-refractivity contribution in [3.63, 3.8) is 0 Å². The number of nitrogens with one attached hydrogen (secondary N) is 1. The van der Waals surface area contributed by atoms with Crippen molar-refractivity contribution in [2.45, 2.75) is 19.8 Å². The molecule has 2 rings (SSSR count). The van der Waals surface area contributed by atoms with Gasteiger partial charge in [-0.2, -0.15) is 0 Å². The lowest BCUT2D eigenvalue weighted by Gasteiger charge is -2.14. The molecule has 19 heavy (non-hydrogen) atoms. The molecule has 0 bridgehead atoms. The van der Waals surface area contributed by atoms with Crippen molar-refractivity contribution >= 4 is 27.5 Å². The standard InChI is InChI=1S/C16H16BrNO/c1-11(2)14-10-13(17)8-9-15(14)18-16(19)12-6-4-3-5-7-12/h3-11H,1-2H3,(H,18,19). The van der Waals surface area contributed by atoms with Crippen LogP contribution in [-0.2, 0) is 0 Å². The van der Waals surface area contributed by atoms with E-state index in [0.717, 1.165) is 15.7 Å². The predicted octanol–water partition coefficient (Wildman–Crippen LogP) is 4.82. The van der Waals surface area contributed by atoms with Crippen LogP contribution in [0.25, 0.3) is 0 Å². The fourth-order valence-electron chi connectivity index (χ4n) is 1.91. The second kappa shape index (κ2) is 6.02. The minimum absolute atomic E-state index is 0.0789. The first kappa shape index (κ1) is 13.8. The quantitative estimate of drug-likeness (QED) is 0.863. The number of carbonyl (C=O) groups excluding carboxylic acids is 1. The molecule has 0 spiro atoms. The van der Waals surface area contributed by atoms with Gasteiger partial charge >= 0.3 is 0 Å². The first-order valence-corrected chi connectivity index (χ1v) is 7.03. The molecule has 0 aliphatic heterocycles. The van der Waals surface area contributed by atoms with Crippen LogP contribution in [0.3, 0.4) is 0 Å². The summed E-state index contributed by atoms with van der Waals surface area (Å²) in [5.41, 5.74) is 2.66. The number of anilines is 1. The van der Waals surface area contributed by atoms with Crippen LogP contribution in [-0.4, -0.2) is 5.91 Å². The number of halogens is 1. The van der Waals surface area contributed by atoms with Crippen LogP contribution in [0.15, 0.2) is 53.0 Å². The van der Waals surface area contributed by atoms with Crippen LogP contribution in [0, 0.1) is 0 Å². The monoisotopic (exact) mass is 317 g/mol. The second-order valence-corrected chi connectivity index (χ2v) is 5.62. The molecule has 98 valence electrons. The highest BCUT2D eigenvalue weighted by Crippen LogP contribution is 2.28. The van der Waals surface area contributed by atoms with Crippen LogP contribution in [0.4, 0.5) is 5.69 Å². The summed E-state index contributed by atoms with van der Waals surface area (Å²) in [7, 11) is 0. The van der Waals surface area contributed by atoms with Crippen LogP contribution in [0.2, 0.25) is 0 Å². The van der Waals surface area contributed by atoms with Crippen molar-refractivity contribution in [2.75, 3.05) is 5.32 Å². The van der Waals surface area contributed by atoms with Gasteiger partial charge in [-0.05, 0) is 41.8 Å². The molecule has 0 atom stereocenters. The highest BCUT2D eigenvalue weighted by Gasteiger charge is 2.11. The predicted molar refractivity (Wildman–Crippen MR) is 82.6 cm³/mol. The molecule has 0 saturated carbocycles. The van der Waals surface area contributed by atoms with E-state index in [1.807, 2.05) is 48.5 Å². The van der Waals surface area contributed by atoms with Crippen molar-refractivity contribution in [3.05, 3.63) is 64.1 Å². The van der Waals surface area contributed by atoms with E-state index in [9.17, 15) is 4.79 Å². The Morgan fingerprint density at radius 2 is 1.79 bits per heavy atom. The van der Waals surface area contributed by atoms with Gasteiger partial charge in [0.25, 0.3) is 5.91 Å². The molecular weight excluding hydrogens is 302 g/mol. The molecule has 0 aliphatic carbocycles. The van der Waals surface area contributed by atoms with E-state index in [1.165, 1.54) is 0 Å². The van der Waals surface area contributed by atoms with Crippen LogP contribution in [0.5, 0.6) is 0 Å². The summed E-state index contributed by atoms with van der Waals surface area (Å²) < 4.78 is 1.02. The molecule has 0 fully saturated rings. The third kappa shape index (κ3) is 3.44. The smallest absolute Gasteiger partial charge is 0.255 e. The first-order chi connectivity index (χ1) is 9.08. The Morgan fingerprint density at radius 3 is 2.42 bits per heavy atom. The Labute approximate surface area is 122 Å². The number of hydrogen-bond donors (Lipinski definition) is 1. The molecular formula is C16H16BrNO. The van der Waals surface area contributed by atoms with E-state index in [1.54, 1.807) is 0 Å². The molecule has 0 aliphatic rings. The zero-order valence-electron chi connectivity index (χ0n) is 11.0. The van der Waals surface area contributed by atoms with E-state index in [4.69, 9.17) is 0 Å². The van der Waals surface area contributed by atoms with Crippen LogP contribution < -0.4 is 5.32 Å². The van der Waals surface area contributed by atoms with E-state index in [0.29, 0.717) is 11.5 Å². The molecule has 0 saturated heterocycles. The van der Waals surface area contributed by atoms with Crippen LogP contribution >= 0.6 is 15.9 Å². The fourth-order valence-corrected chi connectivity index (χ4v) is 2.29. The van der Waals surface area contributed by atoms with E-state index >= 15 is 0 Å². The number of hydrogen-bond acceptors (Lipinski definition) is 1. The number of rotatable bonds is 3. The van der Waals surface area contributed by atoms with Crippen molar-refractivity contribution in [1.82, 2.24) is 0 Å². The minimum atomic E-state index is -0.0789. The minimum Gasteiger partial charge on any atom is -0.322 e. The lowest BCUT2D eigenvalue weighted by Crippen LogP contribution is -2.13. The van der Waals surface area contributed by atoms with Gasteiger partial charge in [0.2, 0.25) is 0 Å². The molecule has 2 aromatic rings. The zero-order chi connectivity index (χ0) is 13.8. The summed E-state index contributed by atoms with van der Waals surface area (Å²) in [6.07, 6.45) is 0. The van der Waals surface area contributed by atoms with Gasteiger partial charge in [-0.25, -0.2) is 0 Å². The number of carbonyl (C=O) groups is 1. The van der Waals surface area contributed by atoms with Gasteiger partial charge in [0.15, 0.2) is 0 Å². The lowest BCUT2D eigenvalue weighted by atomic mass is 10.0. The molecule has 2 nitrogen and oxygen atoms in total. The largest absolute Gasteiger partial charge is 0.322 e. The molecule has 3 heteroatoms. The Balaban J connectivity index is 2.27. The third-order valence-electron chi connectivity index (χ3n) is 2.92. The Morgan fingerprint density at radius 1 is 1.11 bits per heavy atom. The third-order valence-corrected chi connectivity index (χ3v) is 3.41. The van der Waals surface area contributed by atoms with Gasteiger partial charge < -0.3 is 5.32 Å². The fraction of sp³-hybridized carbons (Fsp3) is 0.188. The van der Waals surface area contributed by atoms with Crippen molar-refractivity contribution < 1.29 is 4.79 Å². The van der Waals surface area contributed by atoms with Crippen molar-refractivity contribution in [1.29, 1.82) is 0 Å². The van der Waals surface area contributed by atoms with Gasteiger partial charge in [0, 0.05) is 15.7 Å². The lowest BCUT2D eigenvalue weighted by molar-refractivity contribution is 0.102. The second-order valence-electron chi connectivity index (χ2n) is 4.71. The Kier molecular flexibility index (Phi) is 4.38. The van der Waals surface area contributed by atoms with Gasteiger partial charge in [0.1, 0.15) is 0 Å². The maximum absolute atomic E-state index is 12.2. The molecule has 1 N–H and O–H groups in total. The summed E-state index contributed by atoms with van der Waals surface area (Å²) in [5, 5.41) is 2.98. The first-order valence-electron chi connectivity index (χ1n) is 6.24. The SMILES string of the molecule is CC(C)c1cc(Br)ccc1NC(=O)c1ccccc1. The van der Waals surface area contributed by atoms with E-state index < -0.39 is 0 Å². The average molecular weight is 318 g/mol. The van der Waals surface area contributed by atoms with Crippen LogP contribution in [0.1, 0.15) is 35.7 Å². The van der Waals surface area contributed by atoms with Gasteiger partial charge in [-0.3, -0.25) is 4.79 Å². The molecule has 2 aromatic carbocycles. The van der Waals surface area contributed by atoms with Gasteiger partial charge in [-0.15, -0.1) is 0 Å². The highest BCUT2D eigenvalue weighted by molar-refractivity contribution is 9.10. The summed E-state index contributed by atoms with van der Waals surface area (Å²) in [4.78, 5) is 12.2. The summed E-state index contributed by atoms with van der Waals surface area (Å²) in [6, 6.07) is 15.2. The molecule has 0 radical (unpaired) electrons. The van der Waals surface area contributed by atoms with Gasteiger partial charge in [0.05, 0.1) is 0 Å². The Bertz CT molecular complexity index is 579. The zero-order valence-corrected chi connectivity index (χ0v) is 12.6. The maximum Gasteiger partial charge on any atom is 0.255 e. The highest BCUT2D eigenvalue weighted by atomic mass is 79.9. The van der Waals surface area contributed by atoms with Gasteiger partial charge in [-0.1, -0.05) is 48.0 Å². The maximum atomic E-state index is 12.2. The number of amides is 1. The summed E-state index contributed by atoms with van der Waals surface area (Å²) in [6.45, 7) is 4.22. The number of benzene rings is 2. The van der Waals surface area contributed by atoms with Crippen molar-refractivity contribution in [3.8, 4) is 0 Å². The molecule has 1 amide bonds.